The number of nitrogens with one attached hydrogen (secondary N) is 2. The van der Waals surface area contributed by atoms with E-state index < -0.39 is 0 Å². The van der Waals surface area contributed by atoms with Gasteiger partial charge in [0.1, 0.15) is 5.82 Å². The number of carbonyl (C=O) groups is 1. The zero-order valence-corrected chi connectivity index (χ0v) is 13.2. The molecule has 2 N–H and O–H groups in total. The Balaban J connectivity index is 1.71. The molecule has 0 aliphatic carbocycles. The summed E-state index contributed by atoms with van der Waals surface area (Å²) in [6.07, 6.45) is 1.95. The van der Waals surface area contributed by atoms with Crippen LogP contribution < -0.4 is 10.9 Å². The summed E-state index contributed by atoms with van der Waals surface area (Å²) in [6, 6.07) is 11.7. The van der Waals surface area contributed by atoms with Crippen LogP contribution in [0.1, 0.15) is 10.4 Å². The third-order valence-electron chi connectivity index (χ3n) is 2.97. The Morgan fingerprint density at radius 3 is 2.95 bits per heavy atom. The summed E-state index contributed by atoms with van der Waals surface area (Å²) in [5, 5.41) is 0.509. The van der Waals surface area contributed by atoms with E-state index in [0.29, 0.717) is 16.2 Å². The molecule has 0 bridgehead atoms. The maximum atomic E-state index is 13.1. The summed E-state index contributed by atoms with van der Waals surface area (Å²) in [5.41, 5.74) is 6.62. The van der Waals surface area contributed by atoms with Crippen LogP contribution in [0, 0.1) is 5.82 Å². The van der Waals surface area contributed by atoms with Gasteiger partial charge in [0.15, 0.2) is 0 Å². The maximum absolute atomic E-state index is 13.1. The fraction of sp³-hybridized carbons (Fsp3) is 0.0667. The second kappa shape index (κ2) is 6.33. The van der Waals surface area contributed by atoms with Crippen LogP contribution in [0.5, 0.6) is 0 Å². The van der Waals surface area contributed by atoms with E-state index in [2.05, 4.69) is 15.8 Å². The number of fused-ring (bicyclic) bond motifs is 1. The molecule has 1 aromatic heterocycles. The molecule has 3 aromatic rings. The van der Waals surface area contributed by atoms with E-state index in [0.717, 1.165) is 9.60 Å². The number of hydrazine groups is 1. The molecule has 0 spiro atoms. The van der Waals surface area contributed by atoms with E-state index in [1.165, 1.54) is 23.5 Å². The fourth-order valence-corrected chi connectivity index (χ4v) is 3.20. The predicted octanol–water partition coefficient (Wildman–Crippen LogP) is 3.91. The highest BCUT2D eigenvalue weighted by Crippen LogP contribution is 2.26. The lowest BCUT2D eigenvalue weighted by atomic mass is 10.2. The number of amides is 1. The number of hydrogen-bond acceptors (Lipinski definition) is 5. The summed E-state index contributed by atoms with van der Waals surface area (Å²) in [4.78, 5) is 17.4. The highest BCUT2D eigenvalue weighted by atomic mass is 32.2. The van der Waals surface area contributed by atoms with E-state index in [-0.39, 0.29) is 11.7 Å². The van der Waals surface area contributed by atoms with E-state index in [1.807, 2.05) is 24.5 Å². The van der Waals surface area contributed by atoms with Crippen molar-refractivity contribution < 1.29 is 9.18 Å². The molecule has 112 valence electrons. The molecular weight excluding hydrogens is 321 g/mol. The van der Waals surface area contributed by atoms with Crippen molar-refractivity contribution in [3.63, 3.8) is 0 Å². The number of nitrogens with zero attached hydrogens (tertiary/aromatic N) is 1. The van der Waals surface area contributed by atoms with Gasteiger partial charge in [-0.1, -0.05) is 17.4 Å². The van der Waals surface area contributed by atoms with Gasteiger partial charge in [0.25, 0.3) is 5.91 Å². The Hall–Kier alpha value is -2.12. The topological polar surface area (TPSA) is 54.0 Å². The van der Waals surface area contributed by atoms with Crippen LogP contribution in [-0.2, 0) is 0 Å². The number of halogens is 1. The lowest BCUT2D eigenvalue weighted by Gasteiger charge is -2.06. The summed E-state index contributed by atoms with van der Waals surface area (Å²) in [5.74, 6) is -0.554. The number of carbonyl (C=O) groups excluding carboxylic acids is 1. The van der Waals surface area contributed by atoms with Gasteiger partial charge in [-0.2, -0.15) is 0 Å². The molecule has 0 aliphatic rings. The number of benzene rings is 2. The van der Waals surface area contributed by atoms with Crippen molar-refractivity contribution >= 4 is 44.4 Å². The first-order valence-electron chi connectivity index (χ1n) is 6.42. The Kier molecular flexibility index (Phi) is 4.26. The van der Waals surface area contributed by atoms with Gasteiger partial charge in [-0.15, -0.1) is 11.8 Å². The number of hydrogen-bond donors (Lipinski definition) is 2. The fourth-order valence-electron chi connectivity index (χ4n) is 1.90. The van der Waals surface area contributed by atoms with Crippen LogP contribution in [0.15, 0.2) is 47.4 Å². The molecule has 7 heteroatoms. The third kappa shape index (κ3) is 3.20. The quantitative estimate of drug-likeness (QED) is 0.561. The van der Waals surface area contributed by atoms with Crippen molar-refractivity contribution in [2.24, 2.45) is 0 Å². The molecule has 0 fully saturated rings. The average Bonchev–Trinajstić information content (AvgIpc) is 2.94. The Morgan fingerprint density at radius 2 is 2.14 bits per heavy atom. The van der Waals surface area contributed by atoms with Crippen LogP contribution in [0.4, 0.5) is 9.52 Å². The Bertz CT molecular complexity index is 835. The van der Waals surface area contributed by atoms with Crippen molar-refractivity contribution in [2.45, 2.75) is 4.90 Å². The van der Waals surface area contributed by atoms with Crippen molar-refractivity contribution in [3.05, 3.63) is 53.8 Å². The molecule has 0 radical (unpaired) electrons. The van der Waals surface area contributed by atoms with Crippen molar-refractivity contribution in [1.29, 1.82) is 0 Å². The van der Waals surface area contributed by atoms with E-state index in [9.17, 15) is 9.18 Å². The summed E-state index contributed by atoms with van der Waals surface area (Å²) in [6.45, 7) is 0. The number of thiazole rings is 1. The minimum Gasteiger partial charge on any atom is -0.273 e. The molecule has 1 amide bonds. The van der Waals surface area contributed by atoms with E-state index >= 15 is 0 Å². The number of aromatic nitrogens is 1. The molecule has 22 heavy (non-hydrogen) atoms. The molecule has 0 unspecified atom stereocenters. The van der Waals surface area contributed by atoms with Gasteiger partial charge >= 0.3 is 0 Å². The molecule has 0 atom stereocenters. The molecule has 0 saturated carbocycles. The zero-order chi connectivity index (χ0) is 15.5. The van der Waals surface area contributed by atoms with E-state index in [4.69, 9.17) is 0 Å². The largest absolute Gasteiger partial charge is 0.273 e. The summed E-state index contributed by atoms with van der Waals surface area (Å²) >= 11 is 2.85. The first kappa shape index (κ1) is 14.8. The third-order valence-corrected chi connectivity index (χ3v) is 4.62. The standard InChI is InChI=1S/C15H12FN3OS2/c1-21-11-4-2-3-9(7-11)14(20)18-19-15-17-12-6-5-10(16)8-13(12)22-15/h2-8H,1H3,(H,17,19)(H,18,20). The lowest BCUT2D eigenvalue weighted by molar-refractivity contribution is 0.0962. The monoisotopic (exact) mass is 333 g/mol. The molecule has 0 saturated heterocycles. The molecule has 0 aliphatic heterocycles. The van der Waals surface area contributed by atoms with Crippen LogP contribution >= 0.6 is 23.1 Å². The SMILES string of the molecule is CSc1cccc(C(=O)NNc2nc3ccc(F)cc3s2)c1. The number of anilines is 1. The molecular formula is C15H12FN3OS2. The second-order valence-electron chi connectivity index (χ2n) is 4.44. The minimum atomic E-state index is -0.305. The van der Waals surface area contributed by atoms with E-state index in [1.54, 1.807) is 23.9 Å². The normalized spacial score (nSPS) is 10.6. The predicted molar refractivity (Wildman–Crippen MR) is 88.9 cm³/mol. The second-order valence-corrected chi connectivity index (χ2v) is 6.35. The summed E-state index contributed by atoms with van der Waals surface area (Å²) in [7, 11) is 0. The van der Waals surface area contributed by atoms with Gasteiger partial charge in [-0.25, -0.2) is 9.37 Å². The van der Waals surface area contributed by atoms with Crippen molar-refractivity contribution in [3.8, 4) is 0 Å². The van der Waals surface area contributed by atoms with Crippen molar-refractivity contribution in [1.82, 2.24) is 10.4 Å². The smallest absolute Gasteiger partial charge is 0.269 e. The molecule has 2 aromatic carbocycles. The van der Waals surface area contributed by atoms with Crippen LogP contribution in [-0.4, -0.2) is 17.1 Å². The maximum Gasteiger partial charge on any atom is 0.269 e. The van der Waals surface area contributed by atoms with Gasteiger partial charge < -0.3 is 0 Å². The van der Waals surface area contributed by atoms with Gasteiger partial charge in [-0.05, 0) is 42.7 Å². The highest BCUT2D eigenvalue weighted by Gasteiger charge is 2.08. The van der Waals surface area contributed by atoms with Gasteiger partial charge in [0.05, 0.1) is 10.2 Å². The first-order valence-corrected chi connectivity index (χ1v) is 8.46. The number of rotatable bonds is 4. The Morgan fingerprint density at radius 1 is 1.27 bits per heavy atom. The minimum absolute atomic E-state index is 0.249. The van der Waals surface area contributed by atoms with Crippen LogP contribution in [0.3, 0.4) is 0 Å². The summed E-state index contributed by atoms with van der Waals surface area (Å²) < 4.78 is 13.9. The molecule has 1 heterocycles. The van der Waals surface area contributed by atoms with Gasteiger partial charge in [0, 0.05) is 10.5 Å². The van der Waals surface area contributed by atoms with Crippen LogP contribution in [0.2, 0.25) is 0 Å². The van der Waals surface area contributed by atoms with Gasteiger partial charge in [-0.3, -0.25) is 15.6 Å². The molecule has 4 nitrogen and oxygen atoms in total. The zero-order valence-electron chi connectivity index (χ0n) is 11.6. The van der Waals surface area contributed by atoms with Crippen LogP contribution in [0.25, 0.3) is 10.2 Å². The number of thioether (sulfide) groups is 1. The average molecular weight is 333 g/mol. The Labute approximate surface area is 134 Å². The lowest BCUT2D eigenvalue weighted by Crippen LogP contribution is -2.29. The van der Waals surface area contributed by atoms with Gasteiger partial charge in [0.2, 0.25) is 5.13 Å². The first-order chi connectivity index (χ1) is 10.7. The van der Waals surface area contributed by atoms with Crippen molar-refractivity contribution in [2.75, 3.05) is 11.7 Å². The molecule has 3 rings (SSSR count). The highest BCUT2D eigenvalue weighted by molar-refractivity contribution is 7.98.